The van der Waals surface area contributed by atoms with Gasteiger partial charge in [0.25, 0.3) is 0 Å². The number of carbonyl (C=O) groups is 1. The van der Waals surface area contributed by atoms with Crippen LogP contribution in [0.3, 0.4) is 0 Å². The van der Waals surface area contributed by atoms with Crippen molar-refractivity contribution in [3.63, 3.8) is 0 Å². The number of urea groups is 1. The molecule has 2 amide bonds. The van der Waals surface area contributed by atoms with Gasteiger partial charge in [0.05, 0.1) is 0 Å². The molecule has 0 radical (unpaired) electrons. The normalized spacial score (nSPS) is 15.7. The van der Waals surface area contributed by atoms with Gasteiger partial charge in [-0.25, -0.2) is 18.4 Å². The van der Waals surface area contributed by atoms with Crippen LogP contribution in [-0.2, 0) is 11.2 Å². The summed E-state index contributed by atoms with van der Waals surface area (Å²) in [6.45, 7) is 7.89. The van der Waals surface area contributed by atoms with E-state index in [1.807, 2.05) is 68.1 Å². The summed E-state index contributed by atoms with van der Waals surface area (Å²) in [5.41, 5.74) is 3.04. The van der Waals surface area contributed by atoms with Gasteiger partial charge in [0.15, 0.2) is 11.2 Å². The second-order valence-electron chi connectivity index (χ2n) is 6.60. The average Bonchev–Trinajstić information content (AvgIpc) is 2.77. The highest BCUT2D eigenvalue weighted by Crippen LogP contribution is 2.22. The van der Waals surface area contributed by atoms with Crippen molar-refractivity contribution in [2.75, 3.05) is 25.0 Å². The zero-order valence-electron chi connectivity index (χ0n) is 17.5. The van der Waals surface area contributed by atoms with E-state index in [1.165, 1.54) is 0 Å². The number of anilines is 1. The Morgan fingerprint density at radius 1 is 1.07 bits per heavy atom. The van der Waals surface area contributed by atoms with Crippen molar-refractivity contribution in [3.05, 3.63) is 54.6 Å². The molecule has 3 rings (SSSR count). The Bertz CT molecular complexity index is 775. The smallest absolute Gasteiger partial charge is 0.322 e. The first-order valence-electron chi connectivity index (χ1n) is 10.2. The molecule has 1 aliphatic rings. The molecule has 0 aromatic heterocycles. The standard InChI is InChI=1S/C20H26N4O2S.C2H6/c1-2-24(19-12-14-23(15-13-19)27(21)26)20(25)22-18-10-8-17(9-11-18)16-6-4-3-5-7-16;1-2/h3-11,19H,2,12-15,21H2,1H3,(H,22,25);1-2H3. The molecule has 1 heterocycles. The van der Waals surface area contributed by atoms with E-state index in [0.717, 1.165) is 29.7 Å². The fourth-order valence-electron chi connectivity index (χ4n) is 3.47. The molecule has 0 saturated carbocycles. The van der Waals surface area contributed by atoms with Gasteiger partial charge >= 0.3 is 6.03 Å². The fraction of sp³-hybridized carbons (Fsp3) is 0.409. The van der Waals surface area contributed by atoms with Gasteiger partial charge in [0.1, 0.15) is 0 Å². The minimum absolute atomic E-state index is 0.0997. The Morgan fingerprint density at radius 2 is 1.62 bits per heavy atom. The zero-order valence-corrected chi connectivity index (χ0v) is 18.3. The Labute approximate surface area is 176 Å². The molecule has 1 atom stereocenters. The maximum atomic E-state index is 12.7. The molecule has 2 aromatic rings. The van der Waals surface area contributed by atoms with Gasteiger partial charge in [-0.1, -0.05) is 56.3 Å². The van der Waals surface area contributed by atoms with Crippen molar-refractivity contribution >= 4 is 22.9 Å². The minimum atomic E-state index is -1.43. The summed E-state index contributed by atoms with van der Waals surface area (Å²) in [4.78, 5) is 14.6. The Balaban J connectivity index is 0.00000145. The third-order valence-electron chi connectivity index (χ3n) is 4.96. The first-order chi connectivity index (χ1) is 14.1. The number of nitrogens with zero attached hydrogens (tertiary/aromatic N) is 2. The highest BCUT2D eigenvalue weighted by Gasteiger charge is 2.28. The maximum absolute atomic E-state index is 12.7. The topological polar surface area (TPSA) is 78.7 Å². The lowest BCUT2D eigenvalue weighted by Gasteiger charge is -2.36. The zero-order chi connectivity index (χ0) is 21.2. The molecular formula is C22H32N4O2S. The molecule has 1 aliphatic heterocycles. The van der Waals surface area contributed by atoms with Crippen LogP contribution >= 0.6 is 0 Å². The molecule has 6 nitrogen and oxygen atoms in total. The molecule has 158 valence electrons. The van der Waals surface area contributed by atoms with Crippen LogP contribution in [0.25, 0.3) is 11.1 Å². The molecule has 2 aromatic carbocycles. The Morgan fingerprint density at radius 3 is 2.14 bits per heavy atom. The first-order valence-corrected chi connectivity index (χ1v) is 11.4. The third kappa shape index (κ3) is 6.39. The van der Waals surface area contributed by atoms with Crippen molar-refractivity contribution in [3.8, 4) is 11.1 Å². The summed E-state index contributed by atoms with van der Waals surface area (Å²) < 4.78 is 13.1. The number of carbonyl (C=O) groups excluding carboxylic acids is 1. The summed E-state index contributed by atoms with van der Waals surface area (Å²) in [6.07, 6.45) is 1.55. The van der Waals surface area contributed by atoms with Crippen LogP contribution in [0.1, 0.15) is 33.6 Å². The second-order valence-corrected chi connectivity index (χ2v) is 7.66. The second kappa shape index (κ2) is 11.7. The Kier molecular flexibility index (Phi) is 9.31. The van der Waals surface area contributed by atoms with Crippen LogP contribution in [0.15, 0.2) is 54.6 Å². The van der Waals surface area contributed by atoms with Crippen molar-refractivity contribution in [1.82, 2.24) is 9.21 Å². The van der Waals surface area contributed by atoms with Gasteiger partial charge < -0.3 is 10.2 Å². The van der Waals surface area contributed by atoms with E-state index in [2.05, 4.69) is 17.4 Å². The van der Waals surface area contributed by atoms with Crippen LogP contribution in [0.5, 0.6) is 0 Å². The molecule has 7 heteroatoms. The molecule has 3 N–H and O–H groups in total. The highest BCUT2D eigenvalue weighted by atomic mass is 32.2. The van der Waals surface area contributed by atoms with Gasteiger partial charge in [-0.15, -0.1) is 0 Å². The van der Waals surface area contributed by atoms with Gasteiger partial charge in [0, 0.05) is 31.4 Å². The monoisotopic (exact) mass is 416 g/mol. The van der Waals surface area contributed by atoms with Gasteiger partial charge in [0.2, 0.25) is 0 Å². The summed E-state index contributed by atoms with van der Waals surface area (Å²) in [7, 11) is 0. The van der Waals surface area contributed by atoms with Crippen molar-refractivity contribution in [1.29, 1.82) is 0 Å². The van der Waals surface area contributed by atoms with Gasteiger partial charge in [-0.3, -0.25) is 0 Å². The maximum Gasteiger partial charge on any atom is 0.322 e. The van der Waals surface area contributed by atoms with Crippen LogP contribution in [0, 0.1) is 0 Å². The van der Waals surface area contributed by atoms with Crippen LogP contribution in [0.2, 0.25) is 0 Å². The molecule has 1 unspecified atom stereocenters. The van der Waals surface area contributed by atoms with E-state index < -0.39 is 11.2 Å². The predicted octanol–water partition coefficient (Wildman–Crippen LogP) is 4.24. The number of nitrogens with one attached hydrogen (secondary N) is 1. The van der Waals surface area contributed by atoms with E-state index in [4.69, 9.17) is 5.14 Å². The largest absolute Gasteiger partial charge is 0.322 e. The summed E-state index contributed by atoms with van der Waals surface area (Å²) in [5.74, 6) is 0. The number of benzene rings is 2. The summed E-state index contributed by atoms with van der Waals surface area (Å²) in [5, 5.41) is 8.43. The lowest BCUT2D eigenvalue weighted by atomic mass is 10.0. The highest BCUT2D eigenvalue weighted by molar-refractivity contribution is 7.80. The van der Waals surface area contributed by atoms with E-state index in [1.54, 1.807) is 4.31 Å². The van der Waals surface area contributed by atoms with Crippen LogP contribution in [-0.4, -0.2) is 45.1 Å². The van der Waals surface area contributed by atoms with E-state index in [-0.39, 0.29) is 12.1 Å². The van der Waals surface area contributed by atoms with Crippen molar-refractivity contribution < 1.29 is 9.00 Å². The summed E-state index contributed by atoms with van der Waals surface area (Å²) >= 11 is -1.43. The van der Waals surface area contributed by atoms with Gasteiger partial charge in [-0.2, -0.15) is 0 Å². The van der Waals surface area contributed by atoms with E-state index in [9.17, 15) is 9.00 Å². The predicted molar refractivity (Wildman–Crippen MR) is 122 cm³/mol. The molecule has 1 fully saturated rings. The minimum Gasteiger partial charge on any atom is -0.322 e. The number of amides is 2. The quantitative estimate of drug-likeness (QED) is 0.765. The molecular weight excluding hydrogens is 384 g/mol. The molecule has 0 spiro atoms. The van der Waals surface area contributed by atoms with Crippen molar-refractivity contribution in [2.24, 2.45) is 5.14 Å². The van der Waals surface area contributed by atoms with Crippen molar-refractivity contribution in [2.45, 2.75) is 39.7 Å². The molecule has 29 heavy (non-hydrogen) atoms. The average molecular weight is 417 g/mol. The van der Waals surface area contributed by atoms with Crippen LogP contribution < -0.4 is 10.5 Å². The molecule has 0 bridgehead atoms. The molecule has 0 aliphatic carbocycles. The SMILES string of the molecule is CC.CCN(C(=O)Nc1ccc(-c2ccccc2)cc1)C1CCN(S(N)=O)CC1. The third-order valence-corrected chi connectivity index (χ3v) is 5.84. The Hall–Kier alpha value is -2.22. The number of nitrogens with two attached hydrogens (primary N) is 1. The number of hydrogen-bond donors (Lipinski definition) is 2. The summed E-state index contributed by atoms with van der Waals surface area (Å²) in [6, 6.07) is 18.0. The fourth-order valence-corrected chi connectivity index (χ4v) is 4.04. The van der Waals surface area contributed by atoms with Crippen LogP contribution in [0.4, 0.5) is 10.5 Å². The number of piperidine rings is 1. The van der Waals surface area contributed by atoms with Gasteiger partial charge in [-0.05, 0) is 43.0 Å². The number of hydrogen-bond acceptors (Lipinski definition) is 2. The lowest BCUT2D eigenvalue weighted by Crippen LogP contribution is -2.49. The van der Waals surface area contributed by atoms with E-state index >= 15 is 0 Å². The molecule has 1 saturated heterocycles. The van der Waals surface area contributed by atoms with E-state index in [0.29, 0.717) is 19.6 Å². The lowest BCUT2D eigenvalue weighted by molar-refractivity contribution is 0.161. The first kappa shape index (κ1) is 23.1. The number of rotatable bonds is 5.